The Morgan fingerprint density at radius 3 is 2.53 bits per heavy atom. The standard InChI is InChI=1S/C22H19F3N4O3/c1-12-19(13-7-9-14(32-2)10-8-13)28-29-17(11-18(30)27-20(12)29)21(31)26-16-6-4-3-5-15(16)22(23,24)25/h3-10,17H,11H2,1-2H3,(H,26,31)(H,27,30). The highest BCUT2D eigenvalue weighted by Gasteiger charge is 2.37. The minimum atomic E-state index is -4.64. The third-order valence-corrected chi connectivity index (χ3v) is 5.24. The molecule has 1 aliphatic rings. The minimum absolute atomic E-state index is 0.254. The van der Waals surface area contributed by atoms with Gasteiger partial charge in [-0.05, 0) is 43.3 Å². The van der Waals surface area contributed by atoms with Crippen molar-refractivity contribution < 1.29 is 27.5 Å². The molecule has 0 aliphatic carbocycles. The number of ether oxygens (including phenoxy) is 1. The molecule has 32 heavy (non-hydrogen) atoms. The van der Waals surface area contributed by atoms with E-state index in [1.807, 2.05) is 0 Å². The first kappa shape index (κ1) is 21.4. The highest BCUT2D eigenvalue weighted by molar-refractivity contribution is 6.02. The molecule has 166 valence electrons. The first-order valence-corrected chi connectivity index (χ1v) is 9.69. The molecule has 1 unspecified atom stereocenters. The zero-order chi connectivity index (χ0) is 23.0. The third kappa shape index (κ3) is 3.91. The fourth-order valence-corrected chi connectivity index (χ4v) is 3.62. The van der Waals surface area contributed by atoms with Crippen LogP contribution >= 0.6 is 0 Å². The van der Waals surface area contributed by atoms with Crippen LogP contribution in [-0.4, -0.2) is 28.7 Å². The van der Waals surface area contributed by atoms with Crippen molar-refractivity contribution in [3.63, 3.8) is 0 Å². The predicted molar refractivity (Wildman–Crippen MR) is 111 cm³/mol. The number of anilines is 2. The van der Waals surface area contributed by atoms with Gasteiger partial charge in [0.05, 0.1) is 30.5 Å². The Labute approximate surface area is 181 Å². The van der Waals surface area contributed by atoms with Crippen molar-refractivity contribution in [3.05, 3.63) is 59.7 Å². The molecular weight excluding hydrogens is 425 g/mol. The second-order valence-corrected chi connectivity index (χ2v) is 7.30. The zero-order valence-electron chi connectivity index (χ0n) is 17.2. The molecule has 10 heteroatoms. The lowest BCUT2D eigenvalue weighted by Crippen LogP contribution is -2.36. The molecule has 0 saturated heterocycles. The number of nitrogens with zero attached hydrogens (tertiary/aromatic N) is 2. The second-order valence-electron chi connectivity index (χ2n) is 7.30. The first-order valence-electron chi connectivity index (χ1n) is 9.69. The van der Waals surface area contributed by atoms with Crippen molar-refractivity contribution in [2.75, 3.05) is 17.7 Å². The summed E-state index contributed by atoms with van der Waals surface area (Å²) < 4.78 is 46.4. The van der Waals surface area contributed by atoms with E-state index < -0.39 is 29.6 Å². The lowest BCUT2D eigenvalue weighted by atomic mass is 10.1. The number of amides is 2. The molecule has 3 aromatic rings. The van der Waals surface area contributed by atoms with Gasteiger partial charge in [0.2, 0.25) is 11.8 Å². The quantitative estimate of drug-likeness (QED) is 0.624. The van der Waals surface area contributed by atoms with Gasteiger partial charge in [-0.15, -0.1) is 0 Å². The number of carbonyl (C=O) groups excluding carboxylic acids is 2. The average Bonchev–Trinajstić information content (AvgIpc) is 3.09. The molecule has 2 heterocycles. The monoisotopic (exact) mass is 444 g/mol. The Morgan fingerprint density at radius 1 is 1.19 bits per heavy atom. The van der Waals surface area contributed by atoms with E-state index in [0.29, 0.717) is 22.8 Å². The molecule has 0 radical (unpaired) electrons. The molecule has 0 saturated carbocycles. The largest absolute Gasteiger partial charge is 0.497 e. The topological polar surface area (TPSA) is 85.2 Å². The Morgan fingerprint density at radius 2 is 1.88 bits per heavy atom. The van der Waals surface area contributed by atoms with Crippen molar-refractivity contribution >= 4 is 23.3 Å². The van der Waals surface area contributed by atoms with Gasteiger partial charge in [-0.2, -0.15) is 18.3 Å². The molecule has 1 aromatic heterocycles. The third-order valence-electron chi connectivity index (χ3n) is 5.24. The lowest BCUT2D eigenvalue weighted by molar-refractivity contribution is -0.137. The van der Waals surface area contributed by atoms with Gasteiger partial charge in [-0.25, -0.2) is 4.68 Å². The molecule has 0 fully saturated rings. The summed E-state index contributed by atoms with van der Waals surface area (Å²) in [6.45, 7) is 1.75. The van der Waals surface area contributed by atoms with Gasteiger partial charge in [0.15, 0.2) is 0 Å². The number of hydrogen-bond acceptors (Lipinski definition) is 4. The molecule has 2 amide bonds. The van der Waals surface area contributed by atoms with Crippen molar-refractivity contribution in [2.45, 2.75) is 25.6 Å². The van der Waals surface area contributed by atoms with Crippen LogP contribution in [0.25, 0.3) is 11.3 Å². The van der Waals surface area contributed by atoms with E-state index in [1.54, 1.807) is 38.3 Å². The molecule has 1 atom stereocenters. The number of alkyl halides is 3. The summed E-state index contributed by atoms with van der Waals surface area (Å²) in [5.41, 5.74) is 0.567. The van der Waals surface area contributed by atoms with Gasteiger partial charge in [-0.1, -0.05) is 12.1 Å². The predicted octanol–water partition coefficient (Wildman–Crippen LogP) is 4.41. The van der Waals surface area contributed by atoms with Crippen LogP contribution < -0.4 is 15.4 Å². The fourth-order valence-electron chi connectivity index (χ4n) is 3.62. The molecule has 7 nitrogen and oxygen atoms in total. The number of para-hydroxylation sites is 1. The average molecular weight is 444 g/mol. The van der Waals surface area contributed by atoms with E-state index in [9.17, 15) is 22.8 Å². The van der Waals surface area contributed by atoms with Gasteiger partial charge in [0.1, 0.15) is 17.6 Å². The number of aromatic nitrogens is 2. The highest BCUT2D eigenvalue weighted by Crippen LogP contribution is 2.37. The Balaban J connectivity index is 1.69. The number of halogens is 3. The lowest BCUT2D eigenvalue weighted by Gasteiger charge is -2.24. The van der Waals surface area contributed by atoms with Crippen LogP contribution in [0.2, 0.25) is 0 Å². The van der Waals surface area contributed by atoms with E-state index in [0.717, 1.165) is 11.6 Å². The molecule has 0 bridgehead atoms. The Kier molecular flexibility index (Phi) is 5.37. The number of benzene rings is 2. The first-order chi connectivity index (χ1) is 15.2. The summed E-state index contributed by atoms with van der Waals surface area (Å²) in [7, 11) is 1.55. The van der Waals surface area contributed by atoms with Crippen molar-refractivity contribution in [1.29, 1.82) is 0 Å². The van der Waals surface area contributed by atoms with E-state index in [1.165, 1.54) is 22.9 Å². The number of hydrogen-bond donors (Lipinski definition) is 2. The molecule has 0 spiro atoms. The maximum Gasteiger partial charge on any atom is 0.418 e. The molecule has 4 rings (SSSR count). The second kappa shape index (κ2) is 8.03. The molecule has 2 aromatic carbocycles. The zero-order valence-corrected chi connectivity index (χ0v) is 17.2. The van der Waals surface area contributed by atoms with Gasteiger partial charge in [-0.3, -0.25) is 9.59 Å². The maximum atomic E-state index is 13.3. The Hall–Kier alpha value is -3.82. The minimum Gasteiger partial charge on any atom is -0.497 e. The summed E-state index contributed by atoms with van der Waals surface area (Å²) in [5, 5.41) is 9.52. The van der Waals surface area contributed by atoms with Gasteiger partial charge < -0.3 is 15.4 Å². The number of fused-ring (bicyclic) bond motifs is 1. The SMILES string of the molecule is COc1ccc(-c2nn3c(c2C)NC(=O)CC3C(=O)Nc2ccccc2C(F)(F)F)cc1. The number of nitrogens with one attached hydrogen (secondary N) is 2. The van der Waals surface area contributed by atoms with Crippen LogP contribution in [0.3, 0.4) is 0 Å². The number of rotatable bonds is 4. The summed E-state index contributed by atoms with van der Waals surface area (Å²) in [6, 6.07) is 10.7. The summed E-state index contributed by atoms with van der Waals surface area (Å²) in [6.07, 6.45) is -4.89. The molecule has 2 N–H and O–H groups in total. The van der Waals surface area contributed by atoms with Crippen molar-refractivity contribution in [1.82, 2.24) is 9.78 Å². The van der Waals surface area contributed by atoms with Crippen LogP contribution in [0.1, 0.15) is 23.6 Å². The normalized spacial score (nSPS) is 15.7. The van der Waals surface area contributed by atoms with Crippen LogP contribution in [0, 0.1) is 6.92 Å². The summed E-state index contributed by atoms with van der Waals surface area (Å²) >= 11 is 0. The van der Waals surface area contributed by atoms with Crippen molar-refractivity contribution in [2.24, 2.45) is 0 Å². The van der Waals surface area contributed by atoms with Crippen molar-refractivity contribution in [3.8, 4) is 17.0 Å². The van der Waals surface area contributed by atoms with Crippen LogP contribution in [0.4, 0.5) is 24.7 Å². The van der Waals surface area contributed by atoms with Gasteiger partial charge in [0, 0.05) is 11.1 Å². The van der Waals surface area contributed by atoms with E-state index in [-0.39, 0.29) is 12.1 Å². The summed E-state index contributed by atoms with van der Waals surface area (Å²) in [5.74, 6) is -0.201. The Bertz CT molecular complexity index is 1190. The molecule has 1 aliphatic heterocycles. The van der Waals surface area contributed by atoms with Crippen LogP contribution in [-0.2, 0) is 15.8 Å². The van der Waals surface area contributed by atoms with Gasteiger partial charge in [0.25, 0.3) is 0 Å². The van der Waals surface area contributed by atoms with Gasteiger partial charge >= 0.3 is 6.18 Å². The molecular formula is C22H19F3N4O3. The maximum absolute atomic E-state index is 13.3. The fraction of sp³-hybridized carbons (Fsp3) is 0.227. The van der Waals surface area contributed by atoms with Crippen LogP contribution in [0.15, 0.2) is 48.5 Å². The van der Waals surface area contributed by atoms with E-state index in [4.69, 9.17) is 4.74 Å². The van der Waals surface area contributed by atoms with E-state index in [2.05, 4.69) is 15.7 Å². The highest BCUT2D eigenvalue weighted by atomic mass is 19.4. The number of carbonyl (C=O) groups is 2. The summed E-state index contributed by atoms with van der Waals surface area (Å²) in [4.78, 5) is 25.2. The van der Waals surface area contributed by atoms with E-state index >= 15 is 0 Å². The van der Waals surface area contributed by atoms with Crippen LogP contribution in [0.5, 0.6) is 5.75 Å². The number of methoxy groups -OCH3 is 1. The smallest absolute Gasteiger partial charge is 0.418 e.